The predicted octanol–water partition coefficient (Wildman–Crippen LogP) is 2.29. The lowest BCUT2D eigenvalue weighted by Crippen LogP contribution is -2.34. The molecule has 6 heteroatoms. The van der Waals surface area contributed by atoms with Gasteiger partial charge in [0.2, 0.25) is 0 Å². The number of pyridine rings is 1. The largest absolute Gasteiger partial charge is 0.501 e. The highest BCUT2D eigenvalue weighted by Gasteiger charge is 2.42. The molecule has 0 bridgehead atoms. The number of carboxylic acid groups (broad SMARTS) is 1. The maximum absolute atomic E-state index is 12.8. The van der Waals surface area contributed by atoms with E-state index in [1.54, 1.807) is 12.1 Å². The van der Waals surface area contributed by atoms with E-state index in [1.807, 2.05) is 0 Å². The Morgan fingerprint density at radius 2 is 2.12 bits per heavy atom. The van der Waals surface area contributed by atoms with E-state index in [2.05, 4.69) is 9.72 Å². The number of hydrogen-bond acceptors (Lipinski definition) is 3. The Labute approximate surface area is 94.5 Å². The second kappa shape index (κ2) is 3.97. The van der Waals surface area contributed by atoms with Crippen LogP contribution in [0.4, 0.5) is 8.78 Å². The summed E-state index contributed by atoms with van der Waals surface area (Å²) in [5, 5.41) is 8.97. The summed E-state index contributed by atoms with van der Waals surface area (Å²) in [7, 11) is 0. The molecule has 0 aliphatic heterocycles. The first-order valence-electron chi connectivity index (χ1n) is 4.64. The quantitative estimate of drug-likeness (QED) is 0.892. The normalized spacial score (nSPS) is 11.4. The molecule has 0 saturated heterocycles. The highest BCUT2D eigenvalue weighted by Crippen LogP contribution is 2.24. The number of nitrogens with zero attached hydrogens (tertiary/aromatic N) is 1. The Balaban J connectivity index is 2.34. The van der Waals surface area contributed by atoms with Gasteiger partial charge in [-0.3, -0.25) is 4.98 Å². The molecule has 1 aromatic heterocycles. The first kappa shape index (κ1) is 11.3. The van der Waals surface area contributed by atoms with Crippen LogP contribution in [0.25, 0.3) is 10.9 Å². The maximum atomic E-state index is 12.8. The van der Waals surface area contributed by atoms with Gasteiger partial charge in [-0.1, -0.05) is 6.07 Å². The van der Waals surface area contributed by atoms with Crippen molar-refractivity contribution in [2.45, 2.75) is 6.11 Å². The Morgan fingerprint density at radius 1 is 1.35 bits per heavy atom. The van der Waals surface area contributed by atoms with E-state index < -0.39 is 12.1 Å². The van der Waals surface area contributed by atoms with Gasteiger partial charge in [-0.05, 0) is 18.2 Å². The number of fused-ring (bicyclic) bond motifs is 1. The van der Waals surface area contributed by atoms with Gasteiger partial charge in [-0.2, -0.15) is 8.78 Å². The van der Waals surface area contributed by atoms with Crippen molar-refractivity contribution in [3.8, 4) is 5.75 Å². The third-order valence-corrected chi connectivity index (χ3v) is 2.07. The first-order valence-corrected chi connectivity index (χ1v) is 4.64. The lowest BCUT2D eigenvalue weighted by molar-refractivity contribution is -0.210. The molecule has 4 nitrogen and oxygen atoms in total. The molecule has 0 fully saturated rings. The average Bonchev–Trinajstić information content (AvgIpc) is 2.28. The molecule has 0 amide bonds. The molecule has 1 N–H and O–H groups in total. The molecule has 0 saturated carbocycles. The molecular formula is C11H7F2NO3. The summed E-state index contributed by atoms with van der Waals surface area (Å²) in [5.74, 6) is -2.58. The number of ether oxygens (including phenoxy) is 1. The summed E-state index contributed by atoms with van der Waals surface area (Å²) >= 11 is 0. The third kappa shape index (κ3) is 2.30. The number of carboxylic acids is 1. The molecule has 2 aromatic rings. The molecular weight excluding hydrogens is 232 g/mol. The molecule has 0 aliphatic rings. The lowest BCUT2D eigenvalue weighted by atomic mass is 10.2. The molecule has 1 heterocycles. The van der Waals surface area contributed by atoms with Crippen LogP contribution < -0.4 is 4.74 Å². The highest BCUT2D eigenvalue weighted by molar-refractivity contribution is 5.80. The molecule has 88 valence electrons. The second-order valence-electron chi connectivity index (χ2n) is 3.28. The van der Waals surface area contributed by atoms with E-state index in [9.17, 15) is 13.6 Å². The zero-order chi connectivity index (χ0) is 12.5. The molecule has 1 aromatic carbocycles. The predicted molar refractivity (Wildman–Crippen MR) is 55.0 cm³/mol. The SMILES string of the molecule is O=C(O)C(F)(F)Oc1ccc2cccnc2c1. The third-order valence-electron chi connectivity index (χ3n) is 2.07. The van der Waals surface area contributed by atoms with Crippen LogP contribution in [0.2, 0.25) is 0 Å². The van der Waals surface area contributed by atoms with Crippen LogP contribution in [0, 0.1) is 0 Å². The molecule has 0 aliphatic carbocycles. The van der Waals surface area contributed by atoms with Crippen LogP contribution in [0.5, 0.6) is 5.75 Å². The Morgan fingerprint density at radius 3 is 2.82 bits per heavy atom. The van der Waals surface area contributed by atoms with E-state index >= 15 is 0 Å². The van der Waals surface area contributed by atoms with Crippen molar-refractivity contribution >= 4 is 16.9 Å². The Kier molecular flexibility index (Phi) is 2.63. The number of carbonyl (C=O) groups is 1. The van der Waals surface area contributed by atoms with Gasteiger partial charge in [0.15, 0.2) is 0 Å². The van der Waals surface area contributed by atoms with Crippen molar-refractivity contribution in [3.05, 3.63) is 36.5 Å². The lowest BCUT2D eigenvalue weighted by Gasteiger charge is -2.13. The zero-order valence-corrected chi connectivity index (χ0v) is 8.43. The average molecular weight is 239 g/mol. The van der Waals surface area contributed by atoms with Crippen LogP contribution in [-0.4, -0.2) is 22.2 Å². The van der Waals surface area contributed by atoms with Gasteiger partial charge in [0.25, 0.3) is 0 Å². The number of aromatic nitrogens is 1. The van der Waals surface area contributed by atoms with Crippen molar-refractivity contribution in [1.29, 1.82) is 0 Å². The number of halogens is 2. The number of rotatable bonds is 3. The first-order chi connectivity index (χ1) is 7.99. The second-order valence-corrected chi connectivity index (χ2v) is 3.28. The number of alkyl halides is 2. The fourth-order valence-corrected chi connectivity index (χ4v) is 1.30. The number of aliphatic carboxylic acids is 1. The van der Waals surface area contributed by atoms with Gasteiger partial charge in [0.1, 0.15) is 5.75 Å². The van der Waals surface area contributed by atoms with E-state index in [1.165, 1.54) is 24.4 Å². The van der Waals surface area contributed by atoms with Crippen molar-refractivity contribution in [3.63, 3.8) is 0 Å². The smallest absolute Gasteiger partial charge is 0.474 e. The Bertz CT molecular complexity index is 571. The minimum atomic E-state index is -4.25. The summed E-state index contributed by atoms with van der Waals surface area (Å²) in [4.78, 5) is 14.1. The van der Waals surface area contributed by atoms with Crippen LogP contribution in [0.15, 0.2) is 36.5 Å². The molecule has 17 heavy (non-hydrogen) atoms. The minimum absolute atomic E-state index is 0.247. The molecule has 0 unspecified atom stereocenters. The minimum Gasteiger partial charge on any atom is -0.474 e. The summed E-state index contributed by atoms with van der Waals surface area (Å²) in [6.45, 7) is 0. The van der Waals surface area contributed by atoms with Crippen molar-refractivity contribution < 1.29 is 23.4 Å². The van der Waals surface area contributed by atoms with Gasteiger partial charge < -0.3 is 9.84 Å². The zero-order valence-electron chi connectivity index (χ0n) is 8.43. The molecule has 0 spiro atoms. The maximum Gasteiger partial charge on any atom is 0.501 e. The van der Waals surface area contributed by atoms with Gasteiger partial charge in [-0.15, -0.1) is 0 Å². The summed E-state index contributed by atoms with van der Waals surface area (Å²) < 4.78 is 29.7. The topological polar surface area (TPSA) is 59.4 Å². The molecule has 2 rings (SSSR count). The van der Waals surface area contributed by atoms with E-state index in [0.717, 1.165) is 5.39 Å². The Hall–Kier alpha value is -2.24. The monoisotopic (exact) mass is 239 g/mol. The van der Waals surface area contributed by atoms with Crippen LogP contribution in [-0.2, 0) is 4.79 Å². The summed E-state index contributed by atoms with van der Waals surface area (Å²) in [5.41, 5.74) is 0.450. The fourth-order valence-electron chi connectivity index (χ4n) is 1.30. The summed E-state index contributed by atoms with van der Waals surface area (Å²) in [6.07, 6.45) is -2.75. The number of hydrogen-bond donors (Lipinski definition) is 1. The van der Waals surface area contributed by atoms with Gasteiger partial charge >= 0.3 is 12.1 Å². The molecule has 0 radical (unpaired) electrons. The van der Waals surface area contributed by atoms with Crippen LogP contribution in [0.3, 0.4) is 0 Å². The van der Waals surface area contributed by atoms with Gasteiger partial charge in [-0.25, -0.2) is 4.79 Å². The van der Waals surface area contributed by atoms with Crippen LogP contribution in [0.1, 0.15) is 0 Å². The standard InChI is InChI=1S/C11H7F2NO3/c12-11(13,10(15)16)17-8-4-3-7-2-1-5-14-9(7)6-8/h1-6H,(H,15,16). The van der Waals surface area contributed by atoms with Crippen molar-refractivity contribution in [2.75, 3.05) is 0 Å². The van der Waals surface area contributed by atoms with E-state index in [0.29, 0.717) is 5.52 Å². The van der Waals surface area contributed by atoms with Crippen LogP contribution >= 0.6 is 0 Å². The van der Waals surface area contributed by atoms with Crippen molar-refractivity contribution in [2.24, 2.45) is 0 Å². The fraction of sp³-hybridized carbons (Fsp3) is 0.0909. The molecule has 0 atom stereocenters. The van der Waals surface area contributed by atoms with E-state index in [4.69, 9.17) is 5.11 Å². The number of benzene rings is 1. The highest BCUT2D eigenvalue weighted by atomic mass is 19.3. The van der Waals surface area contributed by atoms with Crippen molar-refractivity contribution in [1.82, 2.24) is 4.98 Å². The van der Waals surface area contributed by atoms with Gasteiger partial charge in [0, 0.05) is 17.6 Å². The summed E-state index contributed by atoms with van der Waals surface area (Å²) in [6, 6.07) is 7.50. The van der Waals surface area contributed by atoms with E-state index in [-0.39, 0.29) is 5.75 Å². The van der Waals surface area contributed by atoms with Gasteiger partial charge in [0.05, 0.1) is 5.52 Å².